The molecular formula is C13H12BrN3O. The maximum atomic E-state index is 11.6. The molecule has 2 aromatic rings. The fraction of sp³-hybridized carbons (Fsp3) is 0.231. The number of H-pyrrole nitrogens is 1. The van der Waals surface area contributed by atoms with Crippen LogP contribution in [0.1, 0.15) is 11.4 Å². The van der Waals surface area contributed by atoms with Gasteiger partial charge in [-0.25, -0.2) is 4.98 Å². The molecule has 0 saturated heterocycles. The van der Waals surface area contributed by atoms with Crippen molar-refractivity contribution >= 4 is 27.5 Å². The standard InChI is InChI=1S/C13H12BrN3O/c1-7-15-12(13(14)16-7)8-3-4-10-9(5-8)6-11(18)17(10)2/h3-5H,6H2,1-2H3,(H,15,16). The highest BCUT2D eigenvalue weighted by atomic mass is 79.9. The van der Waals surface area contributed by atoms with E-state index in [1.165, 1.54) is 0 Å². The highest BCUT2D eigenvalue weighted by Gasteiger charge is 2.24. The highest BCUT2D eigenvalue weighted by Crippen LogP contribution is 2.33. The Morgan fingerprint density at radius 3 is 2.89 bits per heavy atom. The van der Waals surface area contributed by atoms with Crippen LogP contribution in [0.3, 0.4) is 0 Å². The maximum absolute atomic E-state index is 11.6. The Morgan fingerprint density at radius 1 is 1.44 bits per heavy atom. The molecule has 1 aliphatic heterocycles. The molecule has 4 nitrogen and oxygen atoms in total. The van der Waals surface area contributed by atoms with Crippen LogP contribution >= 0.6 is 15.9 Å². The van der Waals surface area contributed by atoms with Gasteiger partial charge in [-0.3, -0.25) is 4.79 Å². The number of imidazole rings is 1. The third kappa shape index (κ3) is 1.66. The number of likely N-dealkylation sites (N-methyl/N-ethyl adjacent to an activating group) is 1. The van der Waals surface area contributed by atoms with Crippen molar-refractivity contribution in [1.29, 1.82) is 0 Å². The first-order valence-electron chi connectivity index (χ1n) is 5.68. The summed E-state index contributed by atoms with van der Waals surface area (Å²) in [7, 11) is 1.81. The molecule has 5 heteroatoms. The number of carbonyl (C=O) groups is 1. The third-order valence-corrected chi connectivity index (χ3v) is 3.78. The van der Waals surface area contributed by atoms with Crippen LogP contribution in [0.2, 0.25) is 0 Å². The summed E-state index contributed by atoms with van der Waals surface area (Å²) >= 11 is 3.46. The molecule has 92 valence electrons. The van der Waals surface area contributed by atoms with Gasteiger partial charge in [0.05, 0.1) is 6.42 Å². The molecule has 0 unspecified atom stereocenters. The van der Waals surface area contributed by atoms with E-state index in [1.54, 1.807) is 4.90 Å². The Morgan fingerprint density at radius 2 is 2.22 bits per heavy atom. The minimum absolute atomic E-state index is 0.138. The van der Waals surface area contributed by atoms with Crippen molar-refractivity contribution < 1.29 is 4.79 Å². The van der Waals surface area contributed by atoms with Crippen molar-refractivity contribution in [3.63, 3.8) is 0 Å². The van der Waals surface area contributed by atoms with Crippen LogP contribution < -0.4 is 4.90 Å². The number of hydrogen-bond acceptors (Lipinski definition) is 2. The van der Waals surface area contributed by atoms with E-state index in [2.05, 4.69) is 25.9 Å². The quantitative estimate of drug-likeness (QED) is 0.880. The molecule has 18 heavy (non-hydrogen) atoms. The van der Waals surface area contributed by atoms with Gasteiger partial charge in [-0.2, -0.15) is 0 Å². The molecule has 0 aliphatic carbocycles. The third-order valence-electron chi connectivity index (χ3n) is 3.21. The van der Waals surface area contributed by atoms with E-state index in [4.69, 9.17) is 0 Å². The molecule has 1 aromatic carbocycles. The van der Waals surface area contributed by atoms with E-state index in [-0.39, 0.29) is 5.91 Å². The van der Waals surface area contributed by atoms with Crippen LogP contribution in [0, 0.1) is 6.92 Å². The number of aryl methyl sites for hydroxylation is 1. The molecule has 0 radical (unpaired) electrons. The molecule has 1 N–H and O–H groups in total. The summed E-state index contributed by atoms with van der Waals surface area (Å²) in [6.07, 6.45) is 0.473. The largest absolute Gasteiger partial charge is 0.336 e. The van der Waals surface area contributed by atoms with Gasteiger partial charge >= 0.3 is 0 Å². The first-order chi connectivity index (χ1) is 8.56. The predicted octanol–water partition coefficient (Wildman–Crippen LogP) is 2.67. The second-order valence-corrected chi connectivity index (χ2v) is 5.25. The molecule has 0 fully saturated rings. The number of anilines is 1. The Kier molecular flexibility index (Phi) is 2.52. The summed E-state index contributed by atoms with van der Waals surface area (Å²) in [6.45, 7) is 1.92. The summed E-state index contributed by atoms with van der Waals surface area (Å²) in [5, 5.41) is 0. The van der Waals surface area contributed by atoms with Crippen molar-refractivity contribution in [2.24, 2.45) is 0 Å². The van der Waals surface area contributed by atoms with Crippen LogP contribution in [-0.4, -0.2) is 22.9 Å². The van der Waals surface area contributed by atoms with E-state index in [1.807, 2.05) is 32.2 Å². The number of amides is 1. The van der Waals surface area contributed by atoms with Crippen LogP contribution in [0.15, 0.2) is 22.8 Å². The first-order valence-corrected chi connectivity index (χ1v) is 6.47. The predicted molar refractivity (Wildman–Crippen MR) is 73.6 cm³/mol. The van der Waals surface area contributed by atoms with Gasteiger partial charge in [-0.05, 0) is 40.5 Å². The van der Waals surface area contributed by atoms with Crippen LogP contribution in [0.4, 0.5) is 5.69 Å². The molecule has 2 heterocycles. The van der Waals surface area contributed by atoms with Crippen molar-refractivity contribution in [1.82, 2.24) is 9.97 Å². The van der Waals surface area contributed by atoms with Gasteiger partial charge in [0.15, 0.2) is 0 Å². The van der Waals surface area contributed by atoms with Gasteiger partial charge in [0, 0.05) is 18.3 Å². The molecule has 0 spiro atoms. The Labute approximate surface area is 113 Å². The molecule has 0 bridgehead atoms. The van der Waals surface area contributed by atoms with Gasteiger partial charge in [-0.1, -0.05) is 6.07 Å². The average Bonchev–Trinajstić information content (AvgIpc) is 2.80. The minimum atomic E-state index is 0.138. The average molecular weight is 306 g/mol. The number of nitrogens with zero attached hydrogens (tertiary/aromatic N) is 2. The second kappa shape index (κ2) is 3.95. The van der Waals surface area contributed by atoms with E-state index in [9.17, 15) is 4.79 Å². The zero-order chi connectivity index (χ0) is 12.9. The van der Waals surface area contributed by atoms with Gasteiger partial charge in [-0.15, -0.1) is 0 Å². The Bertz CT molecular complexity index is 648. The maximum Gasteiger partial charge on any atom is 0.231 e. The molecule has 0 atom stereocenters. The summed E-state index contributed by atoms with van der Waals surface area (Å²) in [5.74, 6) is 1.00. The zero-order valence-electron chi connectivity index (χ0n) is 10.1. The van der Waals surface area contributed by atoms with E-state index in [0.717, 1.165) is 32.9 Å². The molecular weight excluding hydrogens is 294 g/mol. The van der Waals surface area contributed by atoms with Crippen molar-refractivity contribution in [3.8, 4) is 11.3 Å². The lowest BCUT2D eigenvalue weighted by Crippen LogP contribution is -2.20. The number of aromatic nitrogens is 2. The molecule has 0 saturated carbocycles. The van der Waals surface area contributed by atoms with Gasteiger partial charge in [0.25, 0.3) is 0 Å². The smallest absolute Gasteiger partial charge is 0.231 e. The number of benzene rings is 1. The number of carbonyl (C=O) groups excluding carboxylic acids is 1. The van der Waals surface area contributed by atoms with E-state index in [0.29, 0.717) is 6.42 Å². The summed E-state index contributed by atoms with van der Waals surface area (Å²) in [5.41, 5.74) is 3.96. The van der Waals surface area contributed by atoms with E-state index >= 15 is 0 Å². The molecule has 1 aromatic heterocycles. The topological polar surface area (TPSA) is 49.0 Å². The van der Waals surface area contributed by atoms with Crippen LogP contribution in [0.25, 0.3) is 11.3 Å². The van der Waals surface area contributed by atoms with Crippen LogP contribution in [0.5, 0.6) is 0 Å². The number of aromatic amines is 1. The highest BCUT2D eigenvalue weighted by molar-refractivity contribution is 9.10. The van der Waals surface area contributed by atoms with Crippen molar-refractivity contribution in [2.45, 2.75) is 13.3 Å². The fourth-order valence-corrected chi connectivity index (χ4v) is 2.88. The van der Waals surface area contributed by atoms with Crippen LogP contribution in [-0.2, 0) is 11.2 Å². The molecule has 1 amide bonds. The van der Waals surface area contributed by atoms with Gasteiger partial charge in [0.1, 0.15) is 16.1 Å². The number of hydrogen-bond donors (Lipinski definition) is 1. The fourth-order valence-electron chi connectivity index (χ4n) is 2.27. The van der Waals surface area contributed by atoms with E-state index < -0.39 is 0 Å². The Balaban J connectivity index is 2.09. The first kappa shape index (κ1) is 11.5. The number of rotatable bonds is 1. The lowest BCUT2D eigenvalue weighted by molar-refractivity contribution is -0.117. The minimum Gasteiger partial charge on any atom is -0.336 e. The summed E-state index contributed by atoms with van der Waals surface area (Å²) in [6, 6.07) is 6.01. The monoisotopic (exact) mass is 305 g/mol. The summed E-state index contributed by atoms with van der Waals surface area (Å²) in [4.78, 5) is 20.9. The second-order valence-electron chi connectivity index (χ2n) is 4.46. The number of halogens is 1. The normalized spacial score (nSPS) is 14.2. The molecule has 1 aliphatic rings. The van der Waals surface area contributed by atoms with Gasteiger partial charge < -0.3 is 9.88 Å². The number of fused-ring (bicyclic) bond motifs is 1. The lowest BCUT2D eigenvalue weighted by Gasteiger charge is -2.10. The lowest BCUT2D eigenvalue weighted by atomic mass is 10.1. The van der Waals surface area contributed by atoms with Gasteiger partial charge in [0.2, 0.25) is 5.91 Å². The zero-order valence-corrected chi connectivity index (χ0v) is 11.7. The number of nitrogens with one attached hydrogen (secondary N) is 1. The SMILES string of the molecule is Cc1nc(-c2ccc3c(c2)CC(=O)N3C)c(Br)[nH]1. The summed E-state index contributed by atoms with van der Waals surface area (Å²) < 4.78 is 0.873. The molecule has 3 rings (SSSR count). The van der Waals surface area contributed by atoms with Crippen molar-refractivity contribution in [3.05, 3.63) is 34.2 Å². The Hall–Kier alpha value is -1.62. The van der Waals surface area contributed by atoms with Crippen molar-refractivity contribution in [2.75, 3.05) is 11.9 Å².